The number of hydrogen-bond acceptors (Lipinski definition) is 3. The SMILES string of the molecule is CC(C)(C)CC(O)COC(N)=O. The average Bonchev–Trinajstić information content (AvgIpc) is 1.79. The van der Waals surface area contributed by atoms with Crippen LogP contribution in [0.3, 0.4) is 0 Å². The van der Waals surface area contributed by atoms with Crippen LogP contribution in [0.2, 0.25) is 0 Å². The first kappa shape index (κ1) is 11.2. The van der Waals surface area contributed by atoms with Crippen LogP contribution in [0.5, 0.6) is 0 Å². The summed E-state index contributed by atoms with van der Waals surface area (Å²) in [5.41, 5.74) is 4.76. The maximum absolute atomic E-state index is 10.2. The minimum atomic E-state index is -0.844. The molecular formula is C8H17NO3. The highest BCUT2D eigenvalue weighted by atomic mass is 16.6. The molecule has 0 aromatic rings. The second-order valence-corrected chi connectivity index (χ2v) is 4.05. The summed E-state index contributed by atoms with van der Waals surface area (Å²) >= 11 is 0. The molecule has 4 nitrogen and oxygen atoms in total. The van der Waals surface area contributed by atoms with Crippen molar-refractivity contribution in [2.75, 3.05) is 6.61 Å². The first-order chi connectivity index (χ1) is 5.31. The monoisotopic (exact) mass is 175 g/mol. The first-order valence-corrected chi connectivity index (χ1v) is 3.91. The summed E-state index contributed by atoms with van der Waals surface area (Å²) in [7, 11) is 0. The van der Waals surface area contributed by atoms with Crippen molar-refractivity contribution in [3.63, 3.8) is 0 Å². The molecule has 72 valence electrons. The number of primary amides is 1. The van der Waals surface area contributed by atoms with Crippen molar-refractivity contribution in [3.05, 3.63) is 0 Å². The molecule has 12 heavy (non-hydrogen) atoms. The van der Waals surface area contributed by atoms with Crippen LogP contribution in [0.4, 0.5) is 4.79 Å². The Morgan fingerprint density at radius 2 is 2.08 bits per heavy atom. The minimum absolute atomic E-state index is 0.0212. The third-order valence-corrected chi connectivity index (χ3v) is 1.27. The van der Waals surface area contributed by atoms with E-state index in [0.717, 1.165) is 0 Å². The zero-order valence-electron chi connectivity index (χ0n) is 7.83. The van der Waals surface area contributed by atoms with Crippen molar-refractivity contribution < 1.29 is 14.6 Å². The number of amides is 1. The van der Waals surface area contributed by atoms with Crippen molar-refractivity contribution in [1.29, 1.82) is 0 Å². The molecule has 0 fully saturated rings. The Bertz CT molecular complexity index is 151. The number of rotatable bonds is 3. The van der Waals surface area contributed by atoms with Crippen LogP contribution in [0.25, 0.3) is 0 Å². The van der Waals surface area contributed by atoms with Crippen molar-refractivity contribution in [2.45, 2.75) is 33.3 Å². The van der Waals surface area contributed by atoms with Gasteiger partial charge in [0.25, 0.3) is 0 Å². The van der Waals surface area contributed by atoms with Gasteiger partial charge in [-0.15, -0.1) is 0 Å². The van der Waals surface area contributed by atoms with Crippen LogP contribution in [0.15, 0.2) is 0 Å². The summed E-state index contributed by atoms with van der Waals surface area (Å²) in [6.07, 6.45) is -0.888. The van der Waals surface area contributed by atoms with Crippen LogP contribution < -0.4 is 5.73 Å². The van der Waals surface area contributed by atoms with Crippen molar-refractivity contribution in [2.24, 2.45) is 11.1 Å². The highest BCUT2D eigenvalue weighted by Crippen LogP contribution is 2.20. The Labute approximate surface area is 72.7 Å². The average molecular weight is 175 g/mol. The van der Waals surface area contributed by atoms with Gasteiger partial charge in [-0.3, -0.25) is 0 Å². The second kappa shape index (κ2) is 4.30. The number of aliphatic hydroxyl groups is 1. The zero-order valence-corrected chi connectivity index (χ0v) is 7.83. The number of carbonyl (C=O) groups is 1. The van der Waals surface area contributed by atoms with Gasteiger partial charge in [-0.1, -0.05) is 20.8 Å². The Morgan fingerprint density at radius 3 is 2.42 bits per heavy atom. The molecule has 0 aliphatic carbocycles. The molecule has 0 heterocycles. The van der Waals surface area contributed by atoms with E-state index in [4.69, 9.17) is 5.73 Å². The van der Waals surface area contributed by atoms with E-state index in [1.807, 2.05) is 20.8 Å². The van der Waals surface area contributed by atoms with Crippen molar-refractivity contribution in [3.8, 4) is 0 Å². The lowest BCUT2D eigenvalue weighted by Crippen LogP contribution is -2.26. The van der Waals surface area contributed by atoms with Crippen molar-refractivity contribution in [1.82, 2.24) is 0 Å². The Kier molecular flexibility index (Phi) is 4.03. The van der Waals surface area contributed by atoms with Gasteiger partial charge in [0.05, 0.1) is 6.10 Å². The summed E-state index contributed by atoms with van der Waals surface area (Å²) in [6, 6.07) is 0. The maximum atomic E-state index is 10.2. The second-order valence-electron chi connectivity index (χ2n) is 4.05. The van der Waals surface area contributed by atoms with E-state index in [9.17, 15) is 9.90 Å². The number of carbonyl (C=O) groups excluding carboxylic acids is 1. The lowest BCUT2D eigenvalue weighted by Gasteiger charge is -2.21. The molecule has 0 aliphatic rings. The standard InChI is InChI=1S/C8H17NO3/c1-8(2,3)4-6(10)5-12-7(9)11/h6,10H,4-5H2,1-3H3,(H2,9,11). The number of ether oxygens (including phenoxy) is 1. The molecule has 3 N–H and O–H groups in total. The quantitative estimate of drug-likeness (QED) is 0.668. The normalized spacial score (nSPS) is 14.0. The van der Waals surface area contributed by atoms with Crippen molar-refractivity contribution >= 4 is 6.09 Å². The van der Waals surface area contributed by atoms with Gasteiger partial charge in [-0.2, -0.15) is 0 Å². The Hall–Kier alpha value is -0.770. The molecule has 1 unspecified atom stereocenters. The Morgan fingerprint density at radius 1 is 1.58 bits per heavy atom. The Balaban J connectivity index is 3.60. The molecule has 1 amide bonds. The number of hydrogen-bond donors (Lipinski definition) is 2. The van der Waals surface area contributed by atoms with Gasteiger partial charge in [0.1, 0.15) is 6.61 Å². The largest absolute Gasteiger partial charge is 0.447 e. The van der Waals surface area contributed by atoms with Crippen LogP contribution in [0.1, 0.15) is 27.2 Å². The van der Waals surface area contributed by atoms with Crippen LogP contribution in [-0.4, -0.2) is 23.9 Å². The summed E-state index contributed by atoms with van der Waals surface area (Å²) in [5, 5.41) is 9.30. The van der Waals surface area contributed by atoms with Gasteiger partial charge in [0.2, 0.25) is 0 Å². The molecular weight excluding hydrogens is 158 g/mol. The smallest absolute Gasteiger partial charge is 0.404 e. The highest BCUT2D eigenvalue weighted by molar-refractivity contribution is 5.64. The molecule has 0 aliphatic heterocycles. The molecule has 0 aromatic heterocycles. The van der Waals surface area contributed by atoms with E-state index < -0.39 is 12.2 Å². The first-order valence-electron chi connectivity index (χ1n) is 3.91. The molecule has 0 saturated carbocycles. The minimum Gasteiger partial charge on any atom is -0.447 e. The predicted molar refractivity (Wildman–Crippen MR) is 45.6 cm³/mol. The molecule has 0 radical (unpaired) electrons. The van der Waals surface area contributed by atoms with E-state index in [1.54, 1.807) is 0 Å². The number of aliphatic hydroxyl groups excluding tert-OH is 1. The topological polar surface area (TPSA) is 72.6 Å². The fourth-order valence-electron chi connectivity index (χ4n) is 0.944. The van der Waals surface area contributed by atoms with Gasteiger partial charge < -0.3 is 15.6 Å². The zero-order chi connectivity index (χ0) is 9.78. The van der Waals surface area contributed by atoms with E-state index in [-0.39, 0.29) is 12.0 Å². The molecule has 0 saturated heterocycles. The summed E-state index contributed by atoms with van der Waals surface area (Å²) in [4.78, 5) is 10.2. The van der Waals surface area contributed by atoms with E-state index in [1.165, 1.54) is 0 Å². The fourth-order valence-corrected chi connectivity index (χ4v) is 0.944. The lowest BCUT2D eigenvalue weighted by molar-refractivity contribution is 0.0476. The third-order valence-electron chi connectivity index (χ3n) is 1.27. The molecule has 0 bridgehead atoms. The highest BCUT2D eigenvalue weighted by Gasteiger charge is 2.17. The van der Waals surface area contributed by atoms with Gasteiger partial charge in [-0.05, 0) is 11.8 Å². The summed E-state index contributed by atoms with van der Waals surface area (Å²) in [5.74, 6) is 0. The molecule has 1 atom stereocenters. The molecule has 0 aromatic carbocycles. The van der Waals surface area contributed by atoms with Gasteiger partial charge >= 0.3 is 6.09 Å². The molecule has 0 rings (SSSR count). The third kappa shape index (κ3) is 7.34. The number of nitrogens with two attached hydrogens (primary N) is 1. The van der Waals surface area contributed by atoms with Crippen LogP contribution in [-0.2, 0) is 4.74 Å². The summed E-state index contributed by atoms with van der Waals surface area (Å²) in [6.45, 7) is 5.98. The lowest BCUT2D eigenvalue weighted by atomic mass is 9.89. The van der Waals surface area contributed by atoms with Crippen LogP contribution >= 0.6 is 0 Å². The van der Waals surface area contributed by atoms with Crippen LogP contribution in [0, 0.1) is 5.41 Å². The molecule has 4 heteroatoms. The van der Waals surface area contributed by atoms with E-state index in [0.29, 0.717) is 6.42 Å². The maximum Gasteiger partial charge on any atom is 0.404 e. The molecule has 0 spiro atoms. The van der Waals surface area contributed by atoms with E-state index in [2.05, 4.69) is 4.74 Å². The van der Waals surface area contributed by atoms with Gasteiger partial charge in [-0.25, -0.2) is 4.79 Å². The van der Waals surface area contributed by atoms with E-state index >= 15 is 0 Å². The van der Waals surface area contributed by atoms with Gasteiger partial charge in [0, 0.05) is 0 Å². The fraction of sp³-hybridized carbons (Fsp3) is 0.875. The van der Waals surface area contributed by atoms with Gasteiger partial charge in [0.15, 0.2) is 0 Å². The predicted octanol–water partition coefficient (Wildman–Crippen LogP) is 0.879. The summed E-state index contributed by atoms with van der Waals surface area (Å²) < 4.78 is 4.44.